The van der Waals surface area contributed by atoms with Gasteiger partial charge >= 0.3 is 0 Å². The summed E-state index contributed by atoms with van der Waals surface area (Å²) >= 11 is 0. The van der Waals surface area contributed by atoms with Crippen LogP contribution >= 0.6 is 0 Å². The smallest absolute Gasteiger partial charge is 0.134 e. The van der Waals surface area contributed by atoms with E-state index in [2.05, 4.69) is 25.7 Å². The highest BCUT2D eigenvalue weighted by atomic mass is 16.1. The van der Waals surface area contributed by atoms with Gasteiger partial charge < -0.3 is 4.90 Å². The quantitative estimate of drug-likeness (QED) is 0.481. The highest BCUT2D eigenvalue weighted by molar-refractivity contribution is 5.78. The molecular weight excluding hydrogens is 210 g/mol. The van der Waals surface area contributed by atoms with Gasteiger partial charge in [-0.2, -0.15) is 0 Å². The summed E-state index contributed by atoms with van der Waals surface area (Å²) in [6.07, 6.45) is 9.15. The molecule has 102 valence electrons. The first-order valence-electron chi connectivity index (χ1n) is 7.48. The molecule has 0 spiro atoms. The van der Waals surface area contributed by atoms with Crippen molar-refractivity contribution in [3.63, 3.8) is 0 Å². The second kappa shape index (κ2) is 12.1. The molecule has 0 aliphatic carbocycles. The van der Waals surface area contributed by atoms with Crippen LogP contribution in [0.1, 0.15) is 72.1 Å². The van der Waals surface area contributed by atoms with E-state index in [1.54, 1.807) is 0 Å². The molecule has 0 unspecified atom stereocenters. The number of unbranched alkanes of at least 4 members (excludes halogenated alkanes) is 5. The van der Waals surface area contributed by atoms with E-state index in [1.807, 2.05) is 0 Å². The van der Waals surface area contributed by atoms with E-state index in [0.29, 0.717) is 5.78 Å². The number of ketones is 1. The lowest BCUT2D eigenvalue weighted by molar-refractivity contribution is -0.119. The van der Waals surface area contributed by atoms with Crippen LogP contribution in [0.4, 0.5) is 0 Å². The highest BCUT2D eigenvalue weighted by Gasteiger charge is 2.05. The fourth-order valence-corrected chi connectivity index (χ4v) is 2.05. The molecule has 0 radical (unpaired) electrons. The van der Waals surface area contributed by atoms with Gasteiger partial charge in [0.25, 0.3) is 0 Å². The fraction of sp³-hybridized carbons (Fsp3) is 0.933. The van der Waals surface area contributed by atoms with E-state index in [-0.39, 0.29) is 0 Å². The van der Waals surface area contributed by atoms with Crippen LogP contribution in [-0.4, -0.2) is 30.3 Å². The number of rotatable bonds is 12. The molecule has 0 aliphatic rings. The van der Waals surface area contributed by atoms with Crippen LogP contribution in [0.3, 0.4) is 0 Å². The molecule has 2 heteroatoms. The van der Waals surface area contributed by atoms with Crippen molar-refractivity contribution < 1.29 is 4.79 Å². The van der Waals surface area contributed by atoms with E-state index in [9.17, 15) is 4.79 Å². The van der Waals surface area contributed by atoms with Crippen LogP contribution < -0.4 is 0 Å². The Labute approximate surface area is 108 Å². The molecule has 0 aliphatic heterocycles. The number of carbonyl (C=O) groups is 1. The van der Waals surface area contributed by atoms with E-state index >= 15 is 0 Å². The second-order valence-corrected chi connectivity index (χ2v) is 4.83. The van der Waals surface area contributed by atoms with Crippen molar-refractivity contribution >= 4 is 5.78 Å². The third-order valence-corrected chi connectivity index (χ3v) is 3.41. The molecule has 0 aromatic rings. The topological polar surface area (TPSA) is 20.3 Å². The summed E-state index contributed by atoms with van der Waals surface area (Å²) in [5, 5.41) is 0. The molecule has 2 nitrogen and oxygen atoms in total. The number of hydrogen-bond acceptors (Lipinski definition) is 2. The molecule has 0 rings (SSSR count). The second-order valence-electron chi connectivity index (χ2n) is 4.83. The number of Topliss-reactive ketones (excluding diaryl/α,β-unsaturated/α-hetero) is 1. The lowest BCUT2D eigenvalue weighted by atomic mass is 10.1. The summed E-state index contributed by atoms with van der Waals surface area (Å²) in [6, 6.07) is 0. The number of carbonyl (C=O) groups excluding carboxylic acids is 1. The summed E-state index contributed by atoms with van der Waals surface area (Å²) in [7, 11) is 0. The molecule has 0 bridgehead atoms. The van der Waals surface area contributed by atoms with E-state index < -0.39 is 0 Å². The average molecular weight is 241 g/mol. The predicted octanol–water partition coefficient (Wildman–Crippen LogP) is 4.04. The largest absolute Gasteiger partial charge is 0.303 e. The fourth-order valence-electron chi connectivity index (χ4n) is 2.05. The van der Waals surface area contributed by atoms with Crippen molar-refractivity contribution in [3.05, 3.63) is 0 Å². The van der Waals surface area contributed by atoms with Gasteiger partial charge in [0.2, 0.25) is 0 Å². The minimum atomic E-state index is 0.451. The van der Waals surface area contributed by atoms with Crippen molar-refractivity contribution in [1.82, 2.24) is 4.90 Å². The first kappa shape index (κ1) is 16.6. The maximum Gasteiger partial charge on any atom is 0.134 e. The lowest BCUT2D eigenvalue weighted by Gasteiger charge is -2.16. The van der Waals surface area contributed by atoms with E-state index in [4.69, 9.17) is 0 Å². The van der Waals surface area contributed by atoms with Gasteiger partial charge in [0.1, 0.15) is 5.78 Å². The summed E-state index contributed by atoms with van der Waals surface area (Å²) in [4.78, 5) is 14.0. The van der Waals surface area contributed by atoms with Crippen LogP contribution in [0.2, 0.25) is 0 Å². The Hall–Kier alpha value is -0.370. The zero-order chi connectivity index (χ0) is 12.9. The van der Waals surface area contributed by atoms with Gasteiger partial charge in [0, 0.05) is 19.4 Å². The van der Waals surface area contributed by atoms with Crippen molar-refractivity contribution in [2.45, 2.75) is 72.1 Å². The van der Waals surface area contributed by atoms with Gasteiger partial charge in [-0.15, -0.1) is 0 Å². The SMILES string of the molecule is CCCCCCCCC(=O)CCN(CC)CC. The normalized spacial score (nSPS) is 11.1. The predicted molar refractivity (Wildman–Crippen MR) is 75.4 cm³/mol. The minimum Gasteiger partial charge on any atom is -0.303 e. The van der Waals surface area contributed by atoms with Gasteiger partial charge in [-0.05, 0) is 19.5 Å². The molecule has 0 N–H and O–H groups in total. The third kappa shape index (κ3) is 10.5. The standard InChI is InChI=1S/C15H31NO/c1-4-7-8-9-10-11-12-15(17)13-14-16(5-2)6-3/h4-14H2,1-3H3. The molecular formula is C15H31NO. The van der Waals surface area contributed by atoms with Gasteiger partial charge in [-0.1, -0.05) is 52.9 Å². The van der Waals surface area contributed by atoms with Gasteiger partial charge in [-0.3, -0.25) is 4.79 Å². The van der Waals surface area contributed by atoms with Crippen molar-refractivity contribution in [2.24, 2.45) is 0 Å². The third-order valence-electron chi connectivity index (χ3n) is 3.41. The van der Waals surface area contributed by atoms with Gasteiger partial charge in [0.05, 0.1) is 0 Å². The van der Waals surface area contributed by atoms with Crippen LogP contribution in [0.5, 0.6) is 0 Å². The average Bonchev–Trinajstić information content (AvgIpc) is 2.35. The Bertz CT molecular complexity index is 176. The van der Waals surface area contributed by atoms with E-state index in [0.717, 1.165) is 38.9 Å². The molecule has 0 amide bonds. The molecule has 0 heterocycles. The summed E-state index contributed by atoms with van der Waals surface area (Å²) in [5.74, 6) is 0.451. The Morgan fingerprint density at radius 2 is 1.41 bits per heavy atom. The molecule has 17 heavy (non-hydrogen) atoms. The zero-order valence-corrected chi connectivity index (χ0v) is 12.1. The van der Waals surface area contributed by atoms with Crippen LogP contribution in [0, 0.1) is 0 Å². The van der Waals surface area contributed by atoms with Crippen molar-refractivity contribution in [3.8, 4) is 0 Å². The Kier molecular flexibility index (Phi) is 11.8. The van der Waals surface area contributed by atoms with Crippen LogP contribution in [-0.2, 0) is 4.79 Å². The molecule has 0 aromatic carbocycles. The molecule has 0 fully saturated rings. The van der Waals surface area contributed by atoms with E-state index in [1.165, 1.54) is 32.1 Å². The monoisotopic (exact) mass is 241 g/mol. The van der Waals surface area contributed by atoms with Crippen LogP contribution in [0.15, 0.2) is 0 Å². The van der Waals surface area contributed by atoms with Crippen molar-refractivity contribution in [2.75, 3.05) is 19.6 Å². The molecule has 0 saturated heterocycles. The van der Waals surface area contributed by atoms with Gasteiger partial charge in [-0.25, -0.2) is 0 Å². The lowest BCUT2D eigenvalue weighted by Crippen LogP contribution is -2.25. The first-order valence-corrected chi connectivity index (χ1v) is 7.48. The molecule has 0 saturated carbocycles. The van der Waals surface area contributed by atoms with Crippen molar-refractivity contribution in [1.29, 1.82) is 0 Å². The Morgan fingerprint density at radius 1 is 0.824 bits per heavy atom. The highest BCUT2D eigenvalue weighted by Crippen LogP contribution is 2.08. The number of nitrogens with zero attached hydrogens (tertiary/aromatic N) is 1. The Balaban J connectivity index is 3.34. The zero-order valence-electron chi connectivity index (χ0n) is 12.1. The summed E-state index contributed by atoms with van der Waals surface area (Å²) in [5.41, 5.74) is 0. The summed E-state index contributed by atoms with van der Waals surface area (Å²) < 4.78 is 0. The Morgan fingerprint density at radius 3 is 2.00 bits per heavy atom. The first-order chi connectivity index (χ1) is 8.24. The molecule has 0 aromatic heterocycles. The number of hydrogen-bond donors (Lipinski definition) is 0. The maximum atomic E-state index is 11.6. The van der Waals surface area contributed by atoms with Crippen LogP contribution in [0.25, 0.3) is 0 Å². The van der Waals surface area contributed by atoms with Gasteiger partial charge in [0.15, 0.2) is 0 Å². The molecule has 0 atom stereocenters. The maximum absolute atomic E-state index is 11.6. The minimum absolute atomic E-state index is 0.451. The summed E-state index contributed by atoms with van der Waals surface area (Å²) in [6.45, 7) is 9.60.